The second-order valence-electron chi connectivity index (χ2n) is 7.16. The van der Waals surface area contributed by atoms with Gasteiger partial charge in [0.15, 0.2) is 5.82 Å². The van der Waals surface area contributed by atoms with Gasteiger partial charge in [-0.05, 0) is 31.0 Å². The quantitative estimate of drug-likeness (QED) is 0.768. The highest BCUT2D eigenvalue weighted by Crippen LogP contribution is 2.25. The van der Waals surface area contributed by atoms with Crippen molar-refractivity contribution >= 4 is 5.82 Å². The number of aromatic nitrogens is 4. The van der Waals surface area contributed by atoms with Crippen molar-refractivity contribution in [3.8, 4) is 11.3 Å². The van der Waals surface area contributed by atoms with Crippen LogP contribution in [0.2, 0.25) is 0 Å². The average molecular weight is 350 g/mol. The van der Waals surface area contributed by atoms with Crippen LogP contribution in [-0.4, -0.2) is 38.7 Å². The van der Waals surface area contributed by atoms with E-state index in [-0.39, 0.29) is 0 Å². The van der Waals surface area contributed by atoms with Gasteiger partial charge in [-0.3, -0.25) is 9.36 Å². The molecule has 1 unspecified atom stereocenters. The number of rotatable bonds is 5. The predicted octanol–water partition coefficient (Wildman–Crippen LogP) is 2.50. The van der Waals surface area contributed by atoms with Crippen LogP contribution in [0.15, 0.2) is 42.7 Å². The zero-order valence-electron chi connectivity index (χ0n) is 15.7. The standard InChI is InChI=1S/C20H26N6/c1-15-4-5-16(18(12-15)19-6-9-22-25(19)3)13-21-17-7-11-26(14-17)20-8-10-24(2)23-20/h4-6,8-10,12,17,21H,7,11,13-14H2,1-3H3. The Morgan fingerprint density at radius 1 is 1.19 bits per heavy atom. The van der Waals surface area contributed by atoms with E-state index in [0.29, 0.717) is 6.04 Å². The first-order valence-corrected chi connectivity index (χ1v) is 9.16. The third kappa shape index (κ3) is 3.37. The molecule has 0 radical (unpaired) electrons. The van der Waals surface area contributed by atoms with Crippen LogP contribution < -0.4 is 10.2 Å². The molecule has 6 nitrogen and oxygen atoms in total. The van der Waals surface area contributed by atoms with Gasteiger partial charge in [-0.25, -0.2) is 0 Å². The first-order chi connectivity index (χ1) is 12.6. The van der Waals surface area contributed by atoms with E-state index in [2.05, 4.69) is 57.7 Å². The van der Waals surface area contributed by atoms with E-state index in [1.165, 1.54) is 16.7 Å². The normalized spacial score (nSPS) is 17.2. The fourth-order valence-corrected chi connectivity index (χ4v) is 3.68. The molecule has 4 rings (SSSR count). The van der Waals surface area contributed by atoms with Gasteiger partial charge in [0.25, 0.3) is 0 Å². The summed E-state index contributed by atoms with van der Waals surface area (Å²) in [6.07, 6.45) is 5.00. The Bertz CT molecular complexity index is 893. The van der Waals surface area contributed by atoms with E-state index >= 15 is 0 Å². The maximum Gasteiger partial charge on any atom is 0.150 e. The van der Waals surface area contributed by atoms with Gasteiger partial charge in [0, 0.05) is 63.8 Å². The Morgan fingerprint density at radius 3 is 2.81 bits per heavy atom. The molecule has 0 spiro atoms. The van der Waals surface area contributed by atoms with Gasteiger partial charge in [0.05, 0.1) is 5.69 Å². The Morgan fingerprint density at radius 2 is 2.08 bits per heavy atom. The van der Waals surface area contributed by atoms with Crippen molar-refractivity contribution in [2.45, 2.75) is 25.9 Å². The van der Waals surface area contributed by atoms with Crippen LogP contribution in [0, 0.1) is 6.92 Å². The van der Waals surface area contributed by atoms with E-state index < -0.39 is 0 Å². The fourth-order valence-electron chi connectivity index (χ4n) is 3.68. The Labute approximate surface area is 154 Å². The zero-order valence-corrected chi connectivity index (χ0v) is 15.7. The van der Waals surface area contributed by atoms with Gasteiger partial charge in [0.2, 0.25) is 0 Å². The summed E-state index contributed by atoms with van der Waals surface area (Å²) in [6, 6.07) is 11.3. The summed E-state index contributed by atoms with van der Waals surface area (Å²) >= 11 is 0. The van der Waals surface area contributed by atoms with Gasteiger partial charge < -0.3 is 10.2 Å². The van der Waals surface area contributed by atoms with Gasteiger partial charge in [-0.2, -0.15) is 10.2 Å². The molecule has 1 atom stereocenters. The molecular weight excluding hydrogens is 324 g/mol. The Balaban J connectivity index is 1.45. The van der Waals surface area contributed by atoms with Crippen LogP contribution in [-0.2, 0) is 20.6 Å². The monoisotopic (exact) mass is 350 g/mol. The summed E-state index contributed by atoms with van der Waals surface area (Å²) in [5.74, 6) is 1.07. The number of nitrogens with one attached hydrogen (secondary N) is 1. The van der Waals surface area contributed by atoms with Crippen molar-refractivity contribution < 1.29 is 0 Å². The van der Waals surface area contributed by atoms with Gasteiger partial charge in [0.1, 0.15) is 0 Å². The molecule has 26 heavy (non-hydrogen) atoms. The summed E-state index contributed by atoms with van der Waals surface area (Å²) in [5.41, 5.74) is 5.01. The van der Waals surface area contributed by atoms with Crippen molar-refractivity contribution in [1.82, 2.24) is 24.9 Å². The van der Waals surface area contributed by atoms with Crippen LogP contribution in [0.4, 0.5) is 5.82 Å². The molecule has 1 N–H and O–H groups in total. The molecule has 1 aromatic carbocycles. The predicted molar refractivity (Wildman–Crippen MR) is 104 cm³/mol. The maximum atomic E-state index is 4.52. The fraction of sp³-hybridized carbons (Fsp3) is 0.400. The van der Waals surface area contributed by atoms with Gasteiger partial charge >= 0.3 is 0 Å². The van der Waals surface area contributed by atoms with E-state index in [9.17, 15) is 0 Å². The van der Waals surface area contributed by atoms with E-state index in [1.54, 1.807) is 0 Å². The van der Waals surface area contributed by atoms with Crippen LogP contribution >= 0.6 is 0 Å². The van der Waals surface area contributed by atoms with Crippen LogP contribution in [0.5, 0.6) is 0 Å². The van der Waals surface area contributed by atoms with Crippen LogP contribution in [0.1, 0.15) is 17.5 Å². The number of anilines is 1. The number of nitrogens with zero attached hydrogens (tertiary/aromatic N) is 5. The molecule has 0 bridgehead atoms. The highest BCUT2D eigenvalue weighted by atomic mass is 15.3. The lowest BCUT2D eigenvalue weighted by atomic mass is 10.0. The van der Waals surface area contributed by atoms with Crippen molar-refractivity contribution in [3.63, 3.8) is 0 Å². The summed E-state index contributed by atoms with van der Waals surface area (Å²) in [7, 11) is 3.96. The molecule has 1 saturated heterocycles. The molecule has 3 heterocycles. The minimum absolute atomic E-state index is 0.484. The lowest BCUT2D eigenvalue weighted by Gasteiger charge is -2.17. The highest BCUT2D eigenvalue weighted by molar-refractivity contribution is 5.64. The van der Waals surface area contributed by atoms with Crippen LogP contribution in [0.3, 0.4) is 0 Å². The number of benzene rings is 1. The molecule has 1 aliphatic rings. The molecule has 6 heteroatoms. The summed E-state index contributed by atoms with van der Waals surface area (Å²) in [5, 5.41) is 12.6. The molecular formula is C20H26N6. The third-order valence-corrected chi connectivity index (χ3v) is 5.16. The molecule has 0 saturated carbocycles. The molecule has 0 amide bonds. The van der Waals surface area contributed by atoms with Gasteiger partial charge in [-0.1, -0.05) is 17.7 Å². The van der Waals surface area contributed by atoms with E-state index in [1.807, 2.05) is 35.9 Å². The van der Waals surface area contributed by atoms with E-state index in [4.69, 9.17) is 0 Å². The minimum Gasteiger partial charge on any atom is -0.354 e. The second kappa shape index (κ2) is 6.96. The Hall–Kier alpha value is -2.60. The second-order valence-corrected chi connectivity index (χ2v) is 7.16. The van der Waals surface area contributed by atoms with Crippen molar-refractivity contribution in [1.29, 1.82) is 0 Å². The molecule has 0 aliphatic carbocycles. The topological polar surface area (TPSA) is 50.9 Å². The van der Waals surface area contributed by atoms with Gasteiger partial charge in [-0.15, -0.1) is 0 Å². The van der Waals surface area contributed by atoms with E-state index in [0.717, 1.165) is 37.6 Å². The Kier molecular flexibility index (Phi) is 4.51. The zero-order chi connectivity index (χ0) is 18.1. The summed E-state index contributed by atoms with van der Waals surface area (Å²) in [6.45, 7) is 5.06. The third-order valence-electron chi connectivity index (χ3n) is 5.16. The van der Waals surface area contributed by atoms with Crippen molar-refractivity contribution in [3.05, 3.63) is 53.9 Å². The first kappa shape index (κ1) is 16.8. The summed E-state index contributed by atoms with van der Waals surface area (Å²) < 4.78 is 3.80. The SMILES string of the molecule is Cc1ccc(CNC2CCN(c3ccn(C)n3)C2)c(-c2ccnn2C)c1. The maximum absolute atomic E-state index is 4.52. The number of hydrogen-bond acceptors (Lipinski definition) is 4. The molecule has 2 aromatic heterocycles. The molecule has 3 aromatic rings. The minimum atomic E-state index is 0.484. The molecule has 1 fully saturated rings. The smallest absolute Gasteiger partial charge is 0.150 e. The highest BCUT2D eigenvalue weighted by Gasteiger charge is 2.23. The van der Waals surface area contributed by atoms with Crippen molar-refractivity contribution in [2.75, 3.05) is 18.0 Å². The number of aryl methyl sites for hydroxylation is 3. The first-order valence-electron chi connectivity index (χ1n) is 9.16. The van der Waals surface area contributed by atoms with Crippen LogP contribution in [0.25, 0.3) is 11.3 Å². The molecule has 136 valence electrons. The largest absolute Gasteiger partial charge is 0.354 e. The average Bonchev–Trinajstić information content (AvgIpc) is 3.34. The lowest BCUT2D eigenvalue weighted by molar-refractivity contribution is 0.551. The molecule has 1 aliphatic heterocycles. The summed E-state index contributed by atoms with van der Waals surface area (Å²) in [4.78, 5) is 2.36. The van der Waals surface area contributed by atoms with Crippen molar-refractivity contribution in [2.24, 2.45) is 14.1 Å². The number of hydrogen-bond donors (Lipinski definition) is 1. The lowest BCUT2D eigenvalue weighted by Crippen LogP contribution is -2.32.